The molecule has 5 heteroatoms. The molecular weight excluding hydrogens is 404 g/mol. The number of carbonyl (C=O) groups is 3. The van der Waals surface area contributed by atoms with Crippen LogP contribution < -0.4 is 0 Å². The Labute approximate surface area is 192 Å². The molecule has 178 valence electrons. The fourth-order valence-corrected chi connectivity index (χ4v) is 9.12. The van der Waals surface area contributed by atoms with Crippen molar-refractivity contribution < 1.29 is 23.9 Å². The molecule has 0 unspecified atom stereocenters. The van der Waals surface area contributed by atoms with E-state index >= 15 is 0 Å². The van der Waals surface area contributed by atoms with Crippen LogP contribution in [0, 0.1) is 39.9 Å². The Bertz CT molecular complexity index is 845. The summed E-state index contributed by atoms with van der Waals surface area (Å²) in [4.78, 5) is 37.4. The maximum absolute atomic E-state index is 13.8. The molecule has 0 aromatic carbocycles. The van der Waals surface area contributed by atoms with E-state index in [-0.39, 0.29) is 41.0 Å². The molecule has 0 radical (unpaired) electrons. The molecule has 0 N–H and O–H groups in total. The lowest BCUT2D eigenvalue weighted by molar-refractivity contribution is -0.173. The molecule has 0 aromatic heterocycles. The number of ether oxygens (including phenoxy) is 2. The second-order valence-electron chi connectivity index (χ2n) is 11.5. The van der Waals surface area contributed by atoms with Gasteiger partial charge in [0.1, 0.15) is 0 Å². The van der Waals surface area contributed by atoms with Crippen molar-refractivity contribution in [2.45, 2.75) is 85.7 Å². The van der Waals surface area contributed by atoms with Gasteiger partial charge in [-0.25, -0.2) is 0 Å². The van der Waals surface area contributed by atoms with E-state index in [1.807, 2.05) is 13.0 Å². The van der Waals surface area contributed by atoms with Gasteiger partial charge in [0.2, 0.25) is 0 Å². The molecule has 4 rings (SSSR count). The maximum Gasteiger partial charge on any atom is 0.303 e. The standard InChI is InChI=1S/C27H40O5/c1-16-13-23-21-8-7-19-14-20(29)9-11-25(19,4)22(21)10-12-26(23,5)27(16,17(2)31-6)24(30)15-32-18(3)28/h14,16-17,21-23H,7-13,15H2,1-6H3/t16-,17+,21+,22-,23-,25-,26-,27-/m0/s1. The number of carbonyl (C=O) groups excluding carboxylic acids is 3. The molecular formula is C27H40O5. The summed E-state index contributed by atoms with van der Waals surface area (Å²) in [7, 11) is 1.69. The van der Waals surface area contributed by atoms with Crippen LogP contribution in [0.5, 0.6) is 0 Å². The number of hydrogen-bond acceptors (Lipinski definition) is 5. The van der Waals surface area contributed by atoms with E-state index in [2.05, 4.69) is 20.8 Å². The minimum Gasteiger partial charge on any atom is -0.458 e. The second-order valence-corrected chi connectivity index (χ2v) is 11.5. The molecule has 32 heavy (non-hydrogen) atoms. The Hall–Kier alpha value is -1.49. The topological polar surface area (TPSA) is 69.7 Å². The van der Waals surface area contributed by atoms with Crippen molar-refractivity contribution in [3.05, 3.63) is 11.6 Å². The van der Waals surface area contributed by atoms with Crippen LogP contribution in [0.25, 0.3) is 0 Å². The third-order valence-corrected chi connectivity index (χ3v) is 10.5. The van der Waals surface area contributed by atoms with Crippen LogP contribution in [0.15, 0.2) is 11.6 Å². The molecule has 3 saturated carbocycles. The normalized spacial score (nSPS) is 44.1. The number of fused-ring (bicyclic) bond motifs is 5. The van der Waals surface area contributed by atoms with Crippen molar-refractivity contribution in [2.75, 3.05) is 13.7 Å². The summed E-state index contributed by atoms with van der Waals surface area (Å²) in [6.07, 6.45) is 8.48. The van der Waals surface area contributed by atoms with Gasteiger partial charge in [0.25, 0.3) is 0 Å². The minimum atomic E-state index is -0.660. The van der Waals surface area contributed by atoms with E-state index in [4.69, 9.17) is 9.47 Å². The molecule has 4 aliphatic carbocycles. The predicted octanol–water partition coefficient (Wildman–Crippen LogP) is 4.92. The van der Waals surface area contributed by atoms with Crippen LogP contribution in [-0.2, 0) is 23.9 Å². The molecule has 3 fully saturated rings. The van der Waals surface area contributed by atoms with Crippen LogP contribution in [0.4, 0.5) is 0 Å². The smallest absolute Gasteiger partial charge is 0.303 e. The molecule has 0 saturated heterocycles. The molecule has 0 spiro atoms. The highest BCUT2D eigenvalue weighted by Gasteiger charge is 2.70. The lowest BCUT2D eigenvalue weighted by Gasteiger charge is -2.60. The lowest BCUT2D eigenvalue weighted by atomic mass is 9.44. The Balaban J connectivity index is 1.72. The third-order valence-electron chi connectivity index (χ3n) is 10.5. The third kappa shape index (κ3) is 3.09. The van der Waals surface area contributed by atoms with Crippen molar-refractivity contribution in [2.24, 2.45) is 39.9 Å². The van der Waals surface area contributed by atoms with Crippen molar-refractivity contribution in [3.8, 4) is 0 Å². The summed E-state index contributed by atoms with van der Waals surface area (Å²) >= 11 is 0. The van der Waals surface area contributed by atoms with Crippen molar-refractivity contribution in [1.82, 2.24) is 0 Å². The van der Waals surface area contributed by atoms with E-state index in [9.17, 15) is 14.4 Å². The Kier molecular flexibility index (Phi) is 5.97. The highest BCUT2D eigenvalue weighted by molar-refractivity contribution is 5.92. The fourth-order valence-electron chi connectivity index (χ4n) is 9.12. The number of methoxy groups -OCH3 is 1. The van der Waals surface area contributed by atoms with Crippen LogP contribution in [0.2, 0.25) is 0 Å². The van der Waals surface area contributed by atoms with Crippen molar-refractivity contribution in [1.29, 1.82) is 0 Å². The zero-order valence-corrected chi connectivity index (χ0v) is 20.7. The van der Waals surface area contributed by atoms with Gasteiger partial charge in [-0.2, -0.15) is 0 Å². The van der Waals surface area contributed by atoms with Gasteiger partial charge >= 0.3 is 5.97 Å². The van der Waals surface area contributed by atoms with E-state index < -0.39 is 11.4 Å². The first-order valence-corrected chi connectivity index (χ1v) is 12.5. The number of hydrogen-bond donors (Lipinski definition) is 0. The zero-order valence-electron chi connectivity index (χ0n) is 20.7. The highest BCUT2D eigenvalue weighted by atomic mass is 16.5. The van der Waals surface area contributed by atoms with Crippen LogP contribution >= 0.6 is 0 Å². The molecule has 4 aliphatic rings. The Morgan fingerprint density at radius 1 is 1.16 bits per heavy atom. The average Bonchev–Trinajstić information content (AvgIpc) is 2.99. The van der Waals surface area contributed by atoms with Crippen LogP contribution in [0.3, 0.4) is 0 Å². The Morgan fingerprint density at radius 3 is 2.53 bits per heavy atom. The number of rotatable bonds is 5. The average molecular weight is 445 g/mol. The Morgan fingerprint density at radius 2 is 1.88 bits per heavy atom. The molecule has 0 heterocycles. The summed E-state index contributed by atoms with van der Waals surface area (Å²) in [5.74, 6) is 1.61. The molecule has 0 amide bonds. The van der Waals surface area contributed by atoms with Gasteiger partial charge in [-0.15, -0.1) is 0 Å². The number of allylic oxidation sites excluding steroid dienone is 1. The quantitative estimate of drug-likeness (QED) is 0.563. The van der Waals surface area contributed by atoms with E-state index in [1.54, 1.807) is 7.11 Å². The first kappa shape index (κ1) is 23.7. The summed E-state index contributed by atoms with van der Waals surface area (Å²) in [5, 5.41) is 0. The molecule has 0 bridgehead atoms. The van der Waals surface area contributed by atoms with Gasteiger partial charge in [0.15, 0.2) is 18.2 Å². The summed E-state index contributed by atoms with van der Waals surface area (Å²) < 4.78 is 11.1. The number of Topliss-reactive ketones (excluding diaryl/α,β-unsaturated/α-hetero) is 1. The largest absolute Gasteiger partial charge is 0.458 e. The molecule has 8 atom stereocenters. The second kappa shape index (κ2) is 8.07. The molecule has 0 aliphatic heterocycles. The van der Waals surface area contributed by atoms with Gasteiger partial charge in [-0.05, 0) is 86.0 Å². The van der Waals surface area contributed by atoms with E-state index in [0.29, 0.717) is 24.2 Å². The predicted molar refractivity (Wildman–Crippen MR) is 122 cm³/mol. The lowest BCUT2D eigenvalue weighted by Crippen LogP contribution is -2.59. The zero-order chi connectivity index (χ0) is 23.5. The number of esters is 1. The van der Waals surface area contributed by atoms with Crippen LogP contribution in [0.1, 0.15) is 79.6 Å². The molecule has 5 nitrogen and oxygen atoms in total. The summed E-state index contributed by atoms with van der Waals surface area (Å²) in [5.41, 5.74) is 0.628. The van der Waals surface area contributed by atoms with Gasteiger partial charge in [-0.3, -0.25) is 14.4 Å². The van der Waals surface area contributed by atoms with E-state index in [0.717, 1.165) is 38.5 Å². The summed E-state index contributed by atoms with van der Waals surface area (Å²) in [6, 6.07) is 0. The first-order valence-electron chi connectivity index (χ1n) is 12.5. The molecule has 0 aromatic rings. The van der Waals surface area contributed by atoms with Crippen LogP contribution in [-0.4, -0.2) is 37.4 Å². The van der Waals surface area contributed by atoms with E-state index in [1.165, 1.54) is 12.5 Å². The van der Waals surface area contributed by atoms with Gasteiger partial charge in [0.05, 0.1) is 11.5 Å². The summed E-state index contributed by atoms with van der Waals surface area (Å²) in [6.45, 7) is 10.1. The van der Waals surface area contributed by atoms with Crippen molar-refractivity contribution >= 4 is 17.5 Å². The minimum absolute atomic E-state index is 0.0175. The number of ketones is 2. The monoisotopic (exact) mass is 444 g/mol. The van der Waals surface area contributed by atoms with Gasteiger partial charge < -0.3 is 9.47 Å². The van der Waals surface area contributed by atoms with Gasteiger partial charge in [0, 0.05) is 20.5 Å². The SMILES string of the molecule is CO[C@H](C)[C@]1(C(=O)COC(C)=O)[C@@H](C)C[C@H]2[C@@H]3CCC4=CC(=O)CC[C@]4(C)[C@H]3CC[C@@]21C. The maximum atomic E-state index is 13.8. The van der Waals surface area contributed by atoms with Gasteiger partial charge in [-0.1, -0.05) is 26.3 Å². The fraction of sp³-hybridized carbons (Fsp3) is 0.815. The first-order chi connectivity index (χ1) is 15.0. The highest BCUT2D eigenvalue weighted by Crippen LogP contribution is 2.72. The van der Waals surface area contributed by atoms with Crippen molar-refractivity contribution in [3.63, 3.8) is 0 Å².